The van der Waals surface area contributed by atoms with Crippen LogP contribution in [0.5, 0.6) is 0 Å². The predicted octanol–water partition coefficient (Wildman–Crippen LogP) is 0.0761. The molecular formula is C12H19N3O4. The molecule has 0 fully saturated rings. The lowest BCUT2D eigenvalue weighted by molar-refractivity contribution is -0.137. The molecule has 0 saturated heterocycles. The zero-order chi connectivity index (χ0) is 14.7. The Labute approximate surface area is 112 Å². The summed E-state index contributed by atoms with van der Waals surface area (Å²) >= 11 is 0. The van der Waals surface area contributed by atoms with Gasteiger partial charge in [-0.2, -0.15) is 0 Å². The van der Waals surface area contributed by atoms with E-state index in [0.717, 1.165) is 4.90 Å². The molecule has 7 heteroatoms. The number of amides is 3. The topological polar surface area (TPSA) is 88.1 Å². The van der Waals surface area contributed by atoms with Crippen molar-refractivity contribution in [1.29, 1.82) is 0 Å². The highest BCUT2D eigenvalue weighted by molar-refractivity contribution is 6.13. The van der Waals surface area contributed by atoms with Gasteiger partial charge < -0.3 is 10.2 Å². The number of carbonyl (C=O) groups is 3. The van der Waals surface area contributed by atoms with Crippen molar-refractivity contribution >= 4 is 23.9 Å². The Morgan fingerprint density at radius 1 is 1.37 bits per heavy atom. The highest BCUT2D eigenvalue weighted by Gasteiger charge is 2.23. The van der Waals surface area contributed by atoms with Crippen LogP contribution in [0, 0.1) is 0 Å². The van der Waals surface area contributed by atoms with Crippen LogP contribution in [0.15, 0.2) is 17.3 Å². The number of nitrogens with zero attached hydrogens (tertiary/aromatic N) is 2. The Balaban J connectivity index is 0.00000154. The van der Waals surface area contributed by atoms with Crippen LogP contribution in [0.2, 0.25) is 0 Å². The summed E-state index contributed by atoms with van der Waals surface area (Å²) in [5.74, 6) is -1.03. The molecular weight excluding hydrogens is 250 g/mol. The first-order chi connectivity index (χ1) is 9.15. The molecule has 0 aliphatic carbocycles. The number of hydrogen-bond donors (Lipinski definition) is 1. The maximum atomic E-state index is 11.3. The lowest BCUT2D eigenvalue weighted by atomic mass is 10.3. The van der Waals surface area contributed by atoms with Gasteiger partial charge in [0.2, 0.25) is 5.91 Å². The molecule has 1 aliphatic heterocycles. The molecule has 1 rings (SSSR count). The minimum atomic E-state index is -0.385. The van der Waals surface area contributed by atoms with E-state index in [1.807, 2.05) is 13.8 Å². The van der Waals surface area contributed by atoms with E-state index >= 15 is 0 Å². The van der Waals surface area contributed by atoms with Gasteiger partial charge in [-0.05, 0) is 0 Å². The van der Waals surface area contributed by atoms with Crippen molar-refractivity contribution < 1.29 is 19.2 Å². The lowest BCUT2D eigenvalue weighted by Crippen LogP contribution is -2.35. The molecule has 0 saturated carbocycles. The highest BCUT2D eigenvalue weighted by atomic mass is 16.6. The summed E-state index contributed by atoms with van der Waals surface area (Å²) in [6.07, 6.45) is 3.84. The molecule has 19 heavy (non-hydrogen) atoms. The minimum Gasteiger partial charge on any atom is -0.399 e. The smallest absolute Gasteiger partial charge is 0.253 e. The molecule has 0 aromatic rings. The quantitative estimate of drug-likeness (QED) is 0.420. The minimum absolute atomic E-state index is 0.0694. The van der Waals surface area contributed by atoms with Crippen molar-refractivity contribution in [2.75, 3.05) is 20.2 Å². The van der Waals surface area contributed by atoms with E-state index in [2.05, 4.69) is 15.3 Å². The van der Waals surface area contributed by atoms with Crippen LogP contribution in [0.4, 0.5) is 0 Å². The van der Waals surface area contributed by atoms with E-state index < -0.39 is 0 Å². The van der Waals surface area contributed by atoms with E-state index in [9.17, 15) is 14.4 Å². The standard InChI is InChI=1S/C10H13N3O4.C2H6/c1-17-12-6-5-11-8(14)4-7-13-9(15)2-3-10(13)16;1-2/h2-3,6H,4-5,7H2,1H3,(H,11,14);1-2H3/b12-6+;. The summed E-state index contributed by atoms with van der Waals surface area (Å²) < 4.78 is 0. The molecule has 1 N–H and O–H groups in total. The largest absolute Gasteiger partial charge is 0.399 e. The number of oxime groups is 1. The fourth-order valence-electron chi connectivity index (χ4n) is 1.22. The van der Waals surface area contributed by atoms with Gasteiger partial charge in [0.1, 0.15) is 7.11 Å². The van der Waals surface area contributed by atoms with Gasteiger partial charge in [0.25, 0.3) is 11.8 Å². The second-order valence-electron chi connectivity index (χ2n) is 3.19. The van der Waals surface area contributed by atoms with Gasteiger partial charge in [0.05, 0.1) is 12.8 Å². The fourth-order valence-corrected chi connectivity index (χ4v) is 1.22. The Kier molecular flexibility index (Phi) is 8.68. The van der Waals surface area contributed by atoms with Crippen molar-refractivity contribution in [2.45, 2.75) is 20.3 Å². The third kappa shape index (κ3) is 6.35. The van der Waals surface area contributed by atoms with E-state index in [0.29, 0.717) is 0 Å². The maximum absolute atomic E-state index is 11.3. The summed E-state index contributed by atoms with van der Waals surface area (Å²) in [4.78, 5) is 39.0. The Bertz CT molecular complexity index is 359. The third-order valence-electron chi connectivity index (χ3n) is 2.03. The lowest BCUT2D eigenvalue weighted by Gasteiger charge is -2.12. The molecule has 1 heterocycles. The Hall–Kier alpha value is -2.18. The molecule has 3 amide bonds. The number of imide groups is 1. The first-order valence-electron chi connectivity index (χ1n) is 6.00. The van der Waals surface area contributed by atoms with E-state index in [1.165, 1.54) is 25.5 Å². The van der Waals surface area contributed by atoms with Gasteiger partial charge in [-0.15, -0.1) is 0 Å². The normalized spacial score (nSPS) is 13.5. The molecule has 106 valence electrons. The molecule has 7 nitrogen and oxygen atoms in total. The van der Waals surface area contributed by atoms with Gasteiger partial charge in [-0.25, -0.2) is 0 Å². The first-order valence-corrected chi connectivity index (χ1v) is 6.00. The summed E-state index contributed by atoms with van der Waals surface area (Å²) in [6, 6.07) is 0. The second kappa shape index (κ2) is 9.81. The van der Waals surface area contributed by atoms with Gasteiger partial charge in [-0.1, -0.05) is 19.0 Å². The number of carbonyl (C=O) groups excluding carboxylic acids is 3. The van der Waals surface area contributed by atoms with E-state index in [-0.39, 0.29) is 37.2 Å². The summed E-state index contributed by atoms with van der Waals surface area (Å²) in [5.41, 5.74) is 0. The van der Waals surface area contributed by atoms with Gasteiger partial charge in [0, 0.05) is 25.1 Å². The van der Waals surface area contributed by atoms with Crippen molar-refractivity contribution in [3.05, 3.63) is 12.2 Å². The molecule has 0 bridgehead atoms. The summed E-state index contributed by atoms with van der Waals surface area (Å²) in [5, 5.41) is 5.97. The maximum Gasteiger partial charge on any atom is 0.253 e. The molecule has 1 aliphatic rings. The van der Waals surface area contributed by atoms with Crippen LogP contribution in [0.25, 0.3) is 0 Å². The summed E-state index contributed by atoms with van der Waals surface area (Å²) in [7, 11) is 1.40. The first kappa shape index (κ1) is 16.8. The average molecular weight is 269 g/mol. The third-order valence-corrected chi connectivity index (χ3v) is 2.03. The van der Waals surface area contributed by atoms with E-state index in [1.54, 1.807) is 0 Å². The monoisotopic (exact) mass is 269 g/mol. The second-order valence-corrected chi connectivity index (χ2v) is 3.19. The SMILES string of the molecule is CC.CO/N=C/CNC(=O)CCN1C(=O)C=CC1=O. The van der Waals surface area contributed by atoms with Crippen molar-refractivity contribution in [2.24, 2.45) is 5.16 Å². The van der Waals surface area contributed by atoms with Gasteiger partial charge in [-0.3, -0.25) is 19.3 Å². The van der Waals surface area contributed by atoms with Crippen LogP contribution in [-0.4, -0.2) is 49.0 Å². The number of hydrogen-bond acceptors (Lipinski definition) is 5. The van der Waals surface area contributed by atoms with Crippen molar-refractivity contribution in [3.8, 4) is 0 Å². The Morgan fingerprint density at radius 3 is 2.47 bits per heavy atom. The zero-order valence-electron chi connectivity index (χ0n) is 11.4. The van der Waals surface area contributed by atoms with Crippen molar-refractivity contribution in [3.63, 3.8) is 0 Å². The van der Waals surface area contributed by atoms with Crippen LogP contribution in [0.1, 0.15) is 20.3 Å². The molecule has 0 atom stereocenters. The number of nitrogens with one attached hydrogen (secondary N) is 1. The highest BCUT2D eigenvalue weighted by Crippen LogP contribution is 2.03. The molecule has 0 aromatic carbocycles. The zero-order valence-corrected chi connectivity index (χ0v) is 11.4. The van der Waals surface area contributed by atoms with Crippen LogP contribution < -0.4 is 5.32 Å². The van der Waals surface area contributed by atoms with E-state index in [4.69, 9.17) is 0 Å². The Morgan fingerprint density at radius 2 is 1.95 bits per heavy atom. The van der Waals surface area contributed by atoms with Gasteiger partial charge >= 0.3 is 0 Å². The van der Waals surface area contributed by atoms with Gasteiger partial charge in [0.15, 0.2) is 0 Å². The summed E-state index contributed by atoms with van der Waals surface area (Å²) in [6.45, 7) is 4.32. The fraction of sp³-hybridized carbons (Fsp3) is 0.500. The van der Waals surface area contributed by atoms with Crippen molar-refractivity contribution in [1.82, 2.24) is 10.2 Å². The molecule has 0 spiro atoms. The van der Waals surface area contributed by atoms with Crippen LogP contribution in [0.3, 0.4) is 0 Å². The molecule has 0 unspecified atom stereocenters. The predicted molar refractivity (Wildman–Crippen MR) is 70.3 cm³/mol. The number of rotatable bonds is 6. The van der Waals surface area contributed by atoms with Crippen LogP contribution >= 0.6 is 0 Å². The molecule has 0 aromatic heterocycles. The molecule has 0 radical (unpaired) electrons. The van der Waals surface area contributed by atoms with Crippen LogP contribution in [-0.2, 0) is 19.2 Å². The average Bonchev–Trinajstić information content (AvgIpc) is 2.74.